The van der Waals surface area contributed by atoms with Gasteiger partial charge < -0.3 is 0 Å². The average molecular weight is 212 g/mol. The standard InChI is InChI=1S/C13H28Si/c1-10(2)11-9-14(11,12(3,4)5)13(6,7)8/h10-11H,9H2,1-8H3/t11-/m1/s1. The predicted octanol–water partition coefficient (Wildman–Crippen LogP) is 5.08. The highest BCUT2D eigenvalue weighted by atomic mass is 28.3. The maximum Gasteiger partial charge on any atom is 0.0674 e. The molecule has 1 atom stereocenters. The lowest BCUT2D eigenvalue weighted by Gasteiger charge is -2.42. The summed E-state index contributed by atoms with van der Waals surface area (Å²) in [5, 5.41) is 1.17. The minimum Gasteiger partial charge on any atom is -0.0628 e. The average Bonchev–Trinajstić information content (AvgIpc) is 2.54. The monoisotopic (exact) mass is 212 g/mol. The van der Waals surface area contributed by atoms with Gasteiger partial charge in [-0.1, -0.05) is 61.4 Å². The SMILES string of the molecule is CC(C)[C@H]1C[Si]1(C(C)(C)C)C(C)(C)C. The lowest BCUT2D eigenvalue weighted by molar-refractivity contribution is 0.601. The van der Waals surface area contributed by atoms with Gasteiger partial charge in [-0.3, -0.25) is 0 Å². The molecule has 0 aromatic heterocycles. The molecule has 1 aliphatic rings. The van der Waals surface area contributed by atoms with Gasteiger partial charge in [0.25, 0.3) is 0 Å². The summed E-state index contributed by atoms with van der Waals surface area (Å²) in [6.07, 6.45) is 0. The molecule has 14 heavy (non-hydrogen) atoms. The molecule has 1 fully saturated rings. The van der Waals surface area contributed by atoms with Crippen LogP contribution in [0.1, 0.15) is 55.4 Å². The van der Waals surface area contributed by atoms with Crippen molar-refractivity contribution in [2.45, 2.75) is 77.1 Å². The first-order valence-electron chi connectivity index (χ1n) is 6.04. The Labute approximate surface area is 91.5 Å². The molecule has 0 radical (unpaired) electrons. The summed E-state index contributed by atoms with van der Waals surface area (Å²) in [7, 11) is -1.05. The van der Waals surface area contributed by atoms with Gasteiger partial charge in [0.1, 0.15) is 0 Å². The summed E-state index contributed by atoms with van der Waals surface area (Å²) in [4.78, 5) is 0. The van der Waals surface area contributed by atoms with Crippen molar-refractivity contribution < 1.29 is 0 Å². The van der Waals surface area contributed by atoms with Crippen LogP contribution in [0.4, 0.5) is 0 Å². The Kier molecular flexibility index (Phi) is 2.72. The second kappa shape index (κ2) is 3.10. The lowest BCUT2D eigenvalue weighted by Crippen LogP contribution is -2.40. The zero-order valence-corrected chi connectivity index (χ0v) is 12.4. The molecule has 0 N–H and O–H groups in total. The second-order valence-electron chi connectivity index (χ2n) is 7.53. The van der Waals surface area contributed by atoms with Crippen LogP contribution in [-0.4, -0.2) is 8.07 Å². The molecule has 1 aliphatic heterocycles. The number of hydrogen-bond acceptors (Lipinski definition) is 0. The Morgan fingerprint density at radius 1 is 0.929 bits per heavy atom. The summed E-state index contributed by atoms with van der Waals surface area (Å²) in [6, 6.07) is 1.57. The molecule has 1 heterocycles. The molecule has 0 saturated carbocycles. The topological polar surface area (TPSA) is 0 Å². The molecule has 0 unspecified atom stereocenters. The fourth-order valence-electron chi connectivity index (χ4n) is 3.94. The second-order valence-corrected chi connectivity index (χ2v) is 13.6. The van der Waals surface area contributed by atoms with E-state index in [1.165, 1.54) is 0 Å². The van der Waals surface area contributed by atoms with Crippen LogP contribution in [0.3, 0.4) is 0 Å². The predicted molar refractivity (Wildman–Crippen MR) is 68.6 cm³/mol. The maximum absolute atomic E-state index is 2.48. The smallest absolute Gasteiger partial charge is 0.0628 e. The zero-order valence-electron chi connectivity index (χ0n) is 11.4. The van der Waals surface area contributed by atoms with Crippen LogP contribution in [0.5, 0.6) is 0 Å². The van der Waals surface area contributed by atoms with Crippen molar-refractivity contribution in [3.63, 3.8) is 0 Å². The zero-order chi connectivity index (χ0) is 11.4. The molecule has 0 bridgehead atoms. The minimum absolute atomic E-state index is 0.584. The van der Waals surface area contributed by atoms with E-state index in [4.69, 9.17) is 0 Å². The molecule has 1 rings (SSSR count). The van der Waals surface area contributed by atoms with Crippen LogP contribution >= 0.6 is 0 Å². The van der Waals surface area contributed by atoms with E-state index >= 15 is 0 Å². The maximum atomic E-state index is 2.48. The van der Waals surface area contributed by atoms with E-state index in [9.17, 15) is 0 Å². The van der Waals surface area contributed by atoms with Crippen molar-refractivity contribution in [2.75, 3.05) is 0 Å². The normalized spacial score (nSPS) is 26.8. The Bertz CT molecular complexity index is 200. The molecule has 84 valence electrons. The van der Waals surface area contributed by atoms with Crippen molar-refractivity contribution in [2.24, 2.45) is 5.92 Å². The molecule has 0 nitrogen and oxygen atoms in total. The van der Waals surface area contributed by atoms with Gasteiger partial charge in [0.15, 0.2) is 0 Å². The van der Waals surface area contributed by atoms with Crippen molar-refractivity contribution >= 4 is 8.07 Å². The van der Waals surface area contributed by atoms with Gasteiger partial charge in [-0.05, 0) is 21.5 Å². The number of hydrogen-bond donors (Lipinski definition) is 0. The quantitative estimate of drug-likeness (QED) is 0.532. The highest BCUT2D eigenvalue weighted by molar-refractivity contribution is 6.95. The molecule has 0 spiro atoms. The largest absolute Gasteiger partial charge is 0.0674 e. The number of rotatable bonds is 1. The molecule has 1 heteroatoms. The highest BCUT2D eigenvalue weighted by Gasteiger charge is 2.68. The van der Waals surface area contributed by atoms with Crippen molar-refractivity contribution in [3.8, 4) is 0 Å². The molecule has 1 saturated heterocycles. The van der Waals surface area contributed by atoms with E-state index in [0.717, 1.165) is 11.5 Å². The molecule has 0 aromatic rings. The fourth-order valence-corrected chi connectivity index (χ4v) is 12.4. The fraction of sp³-hybridized carbons (Fsp3) is 1.00. The summed E-state index contributed by atoms with van der Waals surface area (Å²) >= 11 is 0. The third-order valence-corrected chi connectivity index (χ3v) is 12.5. The molecule has 0 aromatic carbocycles. The van der Waals surface area contributed by atoms with E-state index in [-0.39, 0.29) is 0 Å². The molecular weight excluding hydrogens is 184 g/mol. The summed E-state index contributed by atoms with van der Waals surface area (Å²) in [6.45, 7) is 19.7. The van der Waals surface area contributed by atoms with Gasteiger partial charge in [0, 0.05) is 0 Å². The van der Waals surface area contributed by atoms with E-state index in [0.29, 0.717) is 10.1 Å². The van der Waals surface area contributed by atoms with Crippen LogP contribution < -0.4 is 0 Å². The van der Waals surface area contributed by atoms with Crippen LogP contribution in [0, 0.1) is 5.92 Å². The van der Waals surface area contributed by atoms with Gasteiger partial charge in [-0.2, -0.15) is 0 Å². The minimum atomic E-state index is -1.05. The Morgan fingerprint density at radius 3 is 1.36 bits per heavy atom. The van der Waals surface area contributed by atoms with E-state index < -0.39 is 8.07 Å². The van der Waals surface area contributed by atoms with E-state index in [2.05, 4.69) is 55.4 Å². The van der Waals surface area contributed by atoms with E-state index in [1.54, 1.807) is 6.04 Å². The third kappa shape index (κ3) is 1.58. The first-order valence-corrected chi connectivity index (χ1v) is 8.32. The van der Waals surface area contributed by atoms with Crippen molar-refractivity contribution in [1.29, 1.82) is 0 Å². The molecular formula is C13H28Si. The van der Waals surface area contributed by atoms with Crippen LogP contribution in [-0.2, 0) is 0 Å². The first kappa shape index (κ1) is 12.3. The first-order chi connectivity index (χ1) is 6.04. The molecule has 0 amide bonds. The van der Waals surface area contributed by atoms with Crippen LogP contribution in [0.2, 0.25) is 21.7 Å². The van der Waals surface area contributed by atoms with Gasteiger partial charge in [0.05, 0.1) is 8.07 Å². The Balaban J connectivity index is 3.00. The summed E-state index contributed by atoms with van der Waals surface area (Å²) in [5.74, 6) is 0.903. The van der Waals surface area contributed by atoms with Crippen molar-refractivity contribution in [3.05, 3.63) is 0 Å². The van der Waals surface area contributed by atoms with E-state index in [1.807, 2.05) is 0 Å². The molecule has 0 aliphatic carbocycles. The highest BCUT2D eigenvalue weighted by Crippen LogP contribution is 2.73. The lowest BCUT2D eigenvalue weighted by atomic mass is 10.2. The van der Waals surface area contributed by atoms with Gasteiger partial charge in [-0.15, -0.1) is 0 Å². The van der Waals surface area contributed by atoms with Crippen LogP contribution in [0.15, 0.2) is 0 Å². The summed E-state index contributed by atoms with van der Waals surface area (Å²) < 4.78 is 0. The Hall–Kier alpha value is 0.217. The van der Waals surface area contributed by atoms with Crippen molar-refractivity contribution in [1.82, 2.24) is 0 Å². The van der Waals surface area contributed by atoms with Crippen LogP contribution in [0.25, 0.3) is 0 Å². The van der Waals surface area contributed by atoms with Gasteiger partial charge >= 0.3 is 0 Å². The van der Waals surface area contributed by atoms with Gasteiger partial charge in [-0.25, -0.2) is 0 Å². The Morgan fingerprint density at radius 2 is 1.29 bits per heavy atom. The summed E-state index contributed by atoms with van der Waals surface area (Å²) in [5.41, 5.74) is 1.07. The third-order valence-electron chi connectivity index (χ3n) is 4.50. The van der Waals surface area contributed by atoms with Gasteiger partial charge in [0.2, 0.25) is 0 Å².